The van der Waals surface area contributed by atoms with Crippen molar-refractivity contribution < 1.29 is 23.0 Å². The zero-order valence-electron chi connectivity index (χ0n) is 22.0. The van der Waals surface area contributed by atoms with E-state index in [1.54, 1.807) is 16.9 Å². The van der Waals surface area contributed by atoms with Crippen molar-refractivity contribution in [1.29, 1.82) is 0 Å². The zero-order valence-corrected chi connectivity index (χ0v) is 24.5. The van der Waals surface area contributed by atoms with Crippen molar-refractivity contribution in [3.05, 3.63) is 146 Å². The maximum atomic E-state index is 5.58. The molecule has 184 valence electrons. The Morgan fingerprint density at radius 3 is 2.03 bits per heavy atom. The van der Waals surface area contributed by atoms with Gasteiger partial charge in [-0.3, -0.25) is 0 Å². The van der Waals surface area contributed by atoms with Crippen LogP contribution in [0.5, 0.6) is 0 Å². The molecule has 0 amide bonds. The second kappa shape index (κ2) is 9.43. The summed E-state index contributed by atoms with van der Waals surface area (Å²) in [4.78, 5) is 0. The molecule has 0 fully saturated rings. The van der Waals surface area contributed by atoms with E-state index in [9.17, 15) is 0 Å². The predicted molar refractivity (Wildman–Crippen MR) is 155 cm³/mol. The number of benzene rings is 4. The monoisotopic (exact) mass is 560 g/mol. The molecule has 2 aliphatic rings. The van der Waals surface area contributed by atoms with Crippen LogP contribution in [0.25, 0.3) is 11.1 Å². The summed E-state index contributed by atoms with van der Waals surface area (Å²) in [5.74, 6) is 0. The number of rotatable bonds is 6. The first-order chi connectivity index (χ1) is 18.0. The standard InChI is InChI=1S/C13H9.C13H10.C7H9O.2CH3.Zr/c1-3-7-12-10(5-1)9-11-6-2-4-8-13(11)12;1-3-7-12(8-4-1)11-13-9-5-2-6-10-13;1-8-6-7-4-2-3-5-7;;;/h1-5,7-8H,9H2;1-10H;4-5H,2,6H2,1H3;2*1H3;. The van der Waals surface area contributed by atoms with Crippen LogP contribution in [-0.4, -0.2) is 16.9 Å². The average Bonchev–Trinajstić information content (AvgIpc) is 3.56. The minimum absolute atomic E-state index is 0.666. The van der Waals surface area contributed by atoms with Gasteiger partial charge in [-0.25, -0.2) is 0 Å². The van der Waals surface area contributed by atoms with Gasteiger partial charge in [0.2, 0.25) is 0 Å². The Morgan fingerprint density at radius 2 is 1.35 bits per heavy atom. The topological polar surface area (TPSA) is 9.23 Å². The van der Waals surface area contributed by atoms with Crippen LogP contribution in [-0.2, 0) is 29.5 Å². The Balaban J connectivity index is 1.77. The van der Waals surface area contributed by atoms with E-state index in [4.69, 9.17) is 4.74 Å². The van der Waals surface area contributed by atoms with E-state index >= 15 is 0 Å². The first-order valence-electron chi connectivity index (χ1n) is 13.3. The van der Waals surface area contributed by atoms with Gasteiger partial charge in [0.05, 0.1) is 0 Å². The fraction of sp³-hybridized carbons (Fsp3) is 0.171. The molecule has 2 aliphatic carbocycles. The Kier molecular flexibility index (Phi) is 6.22. The van der Waals surface area contributed by atoms with Crippen LogP contribution in [0.3, 0.4) is 0 Å². The van der Waals surface area contributed by atoms with Crippen molar-refractivity contribution in [2.75, 3.05) is 13.7 Å². The van der Waals surface area contributed by atoms with Crippen LogP contribution >= 0.6 is 0 Å². The van der Waals surface area contributed by atoms with E-state index in [-0.39, 0.29) is 0 Å². The third-order valence-electron chi connectivity index (χ3n) is 8.75. The molecule has 6 rings (SSSR count). The molecule has 2 heteroatoms. The van der Waals surface area contributed by atoms with Gasteiger partial charge in [-0.15, -0.1) is 0 Å². The van der Waals surface area contributed by atoms with Crippen molar-refractivity contribution in [3.63, 3.8) is 0 Å². The second-order valence-electron chi connectivity index (χ2n) is 11.2. The van der Waals surface area contributed by atoms with Gasteiger partial charge in [-0.2, -0.15) is 0 Å². The van der Waals surface area contributed by atoms with Gasteiger partial charge in [0.15, 0.2) is 0 Å². The molecule has 0 aliphatic heterocycles. The van der Waals surface area contributed by atoms with E-state index in [0.29, 0.717) is 6.61 Å². The summed E-state index contributed by atoms with van der Waals surface area (Å²) in [6, 6.07) is 38.4. The normalized spacial score (nSPS) is 14.6. The fourth-order valence-corrected chi connectivity index (χ4v) is 21.8. The Labute approximate surface area is 221 Å². The molecule has 0 N–H and O–H groups in total. The first-order valence-corrected chi connectivity index (χ1v) is 21.9. The van der Waals surface area contributed by atoms with Gasteiger partial charge < -0.3 is 0 Å². The average molecular weight is 562 g/mol. The van der Waals surface area contributed by atoms with Gasteiger partial charge in [0.25, 0.3) is 0 Å². The summed E-state index contributed by atoms with van der Waals surface area (Å²) < 4.78 is 15.7. The Bertz CT molecular complexity index is 1570. The van der Waals surface area contributed by atoms with Crippen LogP contribution in [0.1, 0.15) is 28.7 Å². The molecule has 37 heavy (non-hydrogen) atoms. The fourth-order valence-electron chi connectivity index (χ4n) is 6.94. The Morgan fingerprint density at radius 1 is 0.730 bits per heavy atom. The Hall–Kier alpha value is -2.93. The van der Waals surface area contributed by atoms with Gasteiger partial charge in [-0.05, 0) is 0 Å². The van der Waals surface area contributed by atoms with Crippen molar-refractivity contribution in [2.24, 2.45) is 0 Å². The number of hydrogen-bond donors (Lipinski definition) is 0. The van der Waals surface area contributed by atoms with E-state index in [1.807, 2.05) is 0 Å². The molecule has 1 nitrogen and oxygen atoms in total. The molecule has 0 bridgehead atoms. The van der Waals surface area contributed by atoms with Gasteiger partial charge in [-0.1, -0.05) is 0 Å². The van der Waals surface area contributed by atoms with Crippen molar-refractivity contribution in [3.8, 4) is 11.1 Å². The molecule has 0 spiro atoms. The SMILES string of the molecule is COCC1=CC[C]([Zr]([CH3])([CH3])(=[C](c2ccccc2)c2ccccc2)[c]2cccc3c2Cc2ccccc2-3)=C1. The molecule has 4 aromatic carbocycles. The van der Waals surface area contributed by atoms with Crippen LogP contribution < -0.4 is 3.27 Å². The molecule has 0 atom stereocenters. The van der Waals surface area contributed by atoms with Crippen molar-refractivity contribution >= 4 is 6.48 Å². The summed E-state index contributed by atoms with van der Waals surface area (Å²) in [6.45, 7) is 0.666. The summed E-state index contributed by atoms with van der Waals surface area (Å²) in [6.07, 6.45) is 6.89. The molecule has 0 heterocycles. The van der Waals surface area contributed by atoms with E-state index in [0.717, 1.165) is 12.8 Å². The van der Waals surface area contributed by atoms with Gasteiger partial charge >= 0.3 is 223 Å². The van der Waals surface area contributed by atoms with Gasteiger partial charge in [0, 0.05) is 0 Å². The summed E-state index contributed by atoms with van der Waals surface area (Å²) in [7, 11) is 1.80. The van der Waals surface area contributed by atoms with E-state index in [1.165, 1.54) is 39.0 Å². The molecule has 4 aromatic rings. The molecular weight excluding hydrogens is 528 g/mol. The molecule has 0 aromatic heterocycles. The molecular formula is C35H34OZr. The third-order valence-corrected chi connectivity index (χ3v) is 24.6. The number of methoxy groups -OCH3 is 1. The van der Waals surface area contributed by atoms with Crippen molar-refractivity contribution in [2.45, 2.75) is 22.1 Å². The zero-order chi connectivity index (χ0) is 25.5. The number of allylic oxidation sites excluding steroid dienone is 2. The minimum atomic E-state index is -4.19. The number of hydrogen-bond acceptors (Lipinski definition) is 1. The second-order valence-corrected chi connectivity index (χ2v) is 27.0. The van der Waals surface area contributed by atoms with Crippen LogP contribution in [0.15, 0.2) is 124 Å². The van der Waals surface area contributed by atoms with Crippen LogP contribution in [0, 0.1) is 0 Å². The molecule has 0 radical (unpaired) electrons. The molecule has 0 saturated heterocycles. The number of fused-ring (bicyclic) bond motifs is 3. The van der Waals surface area contributed by atoms with E-state index in [2.05, 4.69) is 125 Å². The summed E-state index contributed by atoms with van der Waals surface area (Å²) >= 11 is -4.19. The predicted octanol–water partition coefficient (Wildman–Crippen LogP) is 7.80. The van der Waals surface area contributed by atoms with Gasteiger partial charge in [0.1, 0.15) is 0 Å². The number of ether oxygens (including phenoxy) is 1. The van der Waals surface area contributed by atoms with Crippen LogP contribution in [0.2, 0.25) is 9.26 Å². The van der Waals surface area contributed by atoms with Crippen molar-refractivity contribution in [1.82, 2.24) is 0 Å². The molecule has 0 saturated carbocycles. The van der Waals surface area contributed by atoms with E-state index < -0.39 is 18.3 Å². The summed E-state index contributed by atoms with van der Waals surface area (Å²) in [5.41, 5.74) is 9.79. The first kappa shape index (κ1) is 24.4. The quantitative estimate of drug-likeness (QED) is 0.206. The maximum absolute atomic E-state index is 5.58. The molecule has 0 unspecified atom stereocenters. The third kappa shape index (κ3) is 3.94. The summed E-state index contributed by atoms with van der Waals surface area (Å²) in [5, 5.41) is 0. The van der Waals surface area contributed by atoms with Crippen LogP contribution in [0.4, 0.5) is 0 Å².